The lowest BCUT2D eigenvalue weighted by molar-refractivity contribution is -0.384. The highest BCUT2D eigenvalue weighted by molar-refractivity contribution is 7.80. The number of nitrogens with one attached hydrogen (secondary N) is 2. The number of anilines is 2. The lowest BCUT2D eigenvalue weighted by atomic mass is 9.98. The van der Waals surface area contributed by atoms with Gasteiger partial charge in [0.1, 0.15) is 23.8 Å². The molecule has 0 radical (unpaired) electrons. The smallest absolute Gasteiger partial charge is 0.293 e. The van der Waals surface area contributed by atoms with Crippen molar-refractivity contribution in [1.82, 2.24) is 5.32 Å². The van der Waals surface area contributed by atoms with Gasteiger partial charge >= 0.3 is 0 Å². The number of nitro groups is 1. The summed E-state index contributed by atoms with van der Waals surface area (Å²) in [6, 6.07) is 13.5. The number of aliphatic hydroxyl groups excluding tert-OH is 1. The normalized spacial score (nSPS) is 13.9. The van der Waals surface area contributed by atoms with Gasteiger partial charge in [-0.3, -0.25) is 20.2 Å². The summed E-state index contributed by atoms with van der Waals surface area (Å²) in [4.78, 5) is 26.1. The van der Waals surface area contributed by atoms with E-state index in [4.69, 9.17) is 16.6 Å². The number of furan rings is 1. The minimum absolute atomic E-state index is 0.0736. The predicted molar refractivity (Wildman–Crippen MR) is 142 cm³/mol. The van der Waals surface area contributed by atoms with Crippen molar-refractivity contribution in [2.24, 2.45) is 5.92 Å². The molecule has 1 aliphatic heterocycles. The highest BCUT2D eigenvalue weighted by atomic mass is 32.1. The van der Waals surface area contributed by atoms with Crippen molar-refractivity contribution in [2.45, 2.75) is 33.3 Å². The fourth-order valence-corrected chi connectivity index (χ4v) is 4.50. The molecular formula is C26H28N4O5S. The van der Waals surface area contributed by atoms with E-state index in [1.807, 2.05) is 24.0 Å². The second-order valence-electron chi connectivity index (χ2n) is 8.99. The first-order chi connectivity index (χ1) is 17.2. The zero-order valence-corrected chi connectivity index (χ0v) is 20.9. The van der Waals surface area contributed by atoms with Crippen LogP contribution in [0, 0.1) is 23.0 Å². The van der Waals surface area contributed by atoms with E-state index in [1.165, 1.54) is 6.07 Å². The monoisotopic (exact) mass is 508 g/mol. The Hall–Kier alpha value is -3.76. The van der Waals surface area contributed by atoms with E-state index in [-0.39, 0.29) is 23.0 Å². The number of carbonyl (C=O) groups excluding carboxylic acids is 1. The molecule has 2 heterocycles. The number of hydrogen-bond donors (Lipinski definition) is 3. The van der Waals surface area contributed by atoms with Crippen LogP contribution < -0.4 is 15.5 Å². The van der Waals surface area contributed by atoms with Crippen LogP contribution in [-0.2, 0) is 6.61 Å². The fraction of sp³-hybridized carbons (Fsp3) is 0.308. The third kappa shape index (κ3) is 5.72. The largest absolute Gasteiger partial charge is 0.459 e. The number of thiocarbonyl (C=S) groups is 1. The number of aliphatic hydroxyl groups is 1. The number of hydrogen-bond acceptors (Lipinski definition) is 7. The number of benzene rings is 2. The molecule has 0 spiro atoms. The molecule has 3 aromatic rings. The summed E-state index contributed by atoms with van der Waals surface area (Å²) in [7, 11) is 0. The summed E-state index contributed by atoms with van der Waals surface area (Å²) in [5.41, 5.74) is 3.03. The van der Waals surface area contributed by atoms with Crippen LogP contribution in [0.25, 0.3) is 11.3 Å². The summed E-state index contributed by atoms with van der Waals surface area (Å²) in [6.07, 6.45) is 1.95. The molecule has 4 rings (SSSR count). The number of carbonyl (C=O) groups is 1. The Morgan fingerprint density at radius 3 is 2.58 bits per heavy atom. The molecule has 0 aliphatic carbocycles. The Bertz CT molecular complexity index is 1300. The van der Waals surface area contributed by atoms with Gasteiger partial charge in [0.2, 0.25) is 0 Å². The first-order valence-electron chi connectivity index (χ1n) is 11.7. The molecule has 1 amide bonds. The number of nitrogens with zero attached hydrogens (tertiary/aromatic N) is 2. The van der Waals surface area contributed by atoms with E-state index in [0.717, 1.165) is 37.1 Å². The van der Waals surface area contributed by atoms with Gasteiger partial charge in [0, 0.05) is 36.0 Å². The molecule has 1 saturated heterocycles. The highest BCUT2D eigenvalue weighted by Crippen LogP contribution is 2.32. The van der Waals surface area contributed by atoms with Crippen LogP contribution in [0.5, 0.6) is 0 Å². The number of rotatable bonds is 6. The van der Waals surface area contributed by atoms with Crippen LogP contribution in [-0.4, -0.2) is 34.1 Å². The molecule has 9 nitrogen and oxygen atoms in total. The Morgan fingerprint density at radius 1 is 1.19 bits per heavy atom. The second kappa shape index (κ2) is 10.9. The van der Waals surface area contributed by atoms with Crippen molar-refractivity contribution >= 4 is 40.3 Å². The maximum Gasteiger partial charge on any atom is 0.293 e. The fourth-order valence-electron chi connectivity index (χ4n) is 4.29. The van der Waals surface area contributed by atoms with Crippen LogP contribution in [0.2, 0.25) is 0 Å². The maximum atomic E-state index is 12.8. The van der Waals surface area contributed by atoms with Crippen molar-refractivity contribution in [1.29, 1.82) is 0 Å². The lowest BCUT2D eigenvalue weighted by Crippen LogP contribution is -2.35. The molecule has 0 unspecified atom stereocenters. The Labute approximate surface area is 214 Å². The molecule has 1 aromatic heterocycles. The molecule has 10 heteroatoms. The average Bonchev–Trinajstić information content (AvgIpc) is 3.33. The Kier molecular flexibility index (Phi) is 7.66. The van der Waals surface area contributed by atoms with Crippen LogP contribution in [0.15, 0.2) is 52.9 Å². The second-order valence-corrected chi connectivity index (χ2v) is 9.40. The SMILES string of the molecule is Cc1cc(NC(=S)NC(=O)c2ccc(N3CCC(C)CC3)c([N+](=O)[O-])c2)ccc1-c1ccc(CO)o1. The first kappa shape index (κ1) is 25.3. The predicted octanol–water partition coefficient (Wildman–Crippen LogP) is 5.02. The molecule has 1 fully saturated rings. The molecule has 0 bridgehead atoms. The van der Waals surface area contributed by atoms with E-state index >= 15 is 0 Å². The third-order valence-corrected chi connectivity index (χ3v) is 6.56. The topological polar surface area (TPSA) is 121 Å². The summed E-state index contributed by atoms with van der Waals surface area (Å²) in [5.74, 6) is 1.19. The Morgan fingerprint density at radius 2 is 1.94 bits per heavy atom. The molecule has 2 aromatic carbocycles. The van der Waals surface area contributed by atoms with Crippen molar-refractivity contribution in [2.75, 3.05) is 23.3 Å². The van der Waals surface area contributed by atoms with Gasteiger partial charge in [0.25, 0.3) is 11.6 Å². The molecule has 3 N–H and O–H groups in total. The summed E-state index contributed by atoms with van der Waals surface area (Å²) in [6.45, 7) is 5.42. The van der Waals surface area contributed by atoms with Gasteiger partial charge in [0.05, 0.1) is 4.92 Å². The number of amides is 1. The average molecular weight is 509 g/mol. The molecule has 0 saturated carbocycles. The van der Waals surface area contributed by atoms with Gasteiger partial charge in [-0.15, -0.1) is 0 Å². The zero-order chi connectivity index (χ0) is 25.8. The molecule has 36 heavy (non-hydrogen) atoms. The molecular weight excluding hydrogens is 480 g/mol. The molecule has 0 atom stereocenters. The quantitative estimate of drug-likeness (QED) is 0.241. The van der Waals surface area contributed by atoms with Crippen molar-refractivity contribution in [3.05, 3.63) is 75.5 Å². The van der Waals surface area contributed by atoms with E-state index < -0.39 is 10.8 Å². The van der Waals surface area contributed by atoms with Crippen molar-refractivity contribution < 1.29 is 19.2 Å². The van der Waals surface area contributed by atoms with Gasteiger partial charge in [-0.05, 0) is 85.9 Å². The zero-order valence-electron chi connectivity index (χ0n) is 20.1. The minimum atomic E-state index is -0.533. The van der Waals surface area contributed by atoms with E-state index in [9.17, 15) is 20.0 Å². The van der Waals surface area contributed by atoms with Gasteiger partial charge < -0.3 is 19.7 Å². The van der Waals surface area contributed by atoms with Crippen molar-refractivity contribution in [3.8, 4) is 11.3 Å². The van der Waals surface area contributed by atoms with Gasteiger partial charge in [-0.25, -0.2) is 0 Å². The van der Waals surface area contributed by atoms with E-state index in [1.54, 1.807) is 30.3 Å². The van der Waals surface area contributed by atoms with Crippen LogP contribution in [0.3, 0.4) is 0 Å². The van der Waals surface area contributed by atoms with E-state index in [0.29, 0.717) is 28.8 Å². The highest BCUT2D eigenvalue weighted by Gasteiger charge is 2.25. The molecule has 1 aliphatic rings. The lowest BCUT2D eigenvalue weighted by Gasteiger charge is -2.31. The number of nitro benzene ring substituents is 1. The number of piperidine rings is 1. The first-order valence-corrected chi connectivity index (χ1v) is 12.1. The van der Waals surface area contributed by atoms with Gasteiger partial charge in [-0.1, -0.05) is 6.92 Å². The Balaban J connectivity index is 1.43. The third-order valence-electron chi connectivity index (χ3n) is 6.35. The molecule has 188 valence electrons. The number of aryl methyl sites for hydroxylation is 1. The van der Waals surface area contributed by atoms with Crippen molar-refractivity contribution in [3.63, 3.8) is 0 Å². The van der Waals surface area contributed by atoms with Gasteiger partial charge in [-0.2, -0.15) is 0 Å². The maximum absolute atomic E-state index is 12.8. The summed E-state index contributed by atoms with van der Waals surface area (Å²) < 4.78 is 5.60. The standard InChI is InChI=1S/C26H28N4O5S/c1-16-9-11-29(12-10-16)22-7-3-18(14-23(22)30(33)34)25(32)28-26(36)27-19-4-6-21(17(2)13-19)24-8-5-20(15-31)35-24/h3-8,13-14,16,31H,9-12,15H2,1-2H3,(H2,27,28,32,36). The summed E-state index contributed by atoms with van der Waals surface area (Å²) >= 11 is 5.29. The van der Waals surface area contributed by atoms with E-state index in [2.05, 4.69) is 17.6 Å². The minimum Gasteiger partial charge on any atom is -0.459 e. The van der Waals surface area contributed by atoms with Crippen LogP contribution >= 0.6 is 12.2 Å². The van der Waals surface area contributed by atoms with Gasteiger partial charge in [0.15, 0.2) is 5.11 Å². The van der Waals surface area contributed by atoms with Crippen LogP contribution in [0.1, 0.15) is 41.4 Å². The summed E-state index contributed by atoms with van der Waals surface area (Å²) in [5, 5.41) is 26.6. The van der Waals surface area contributed by atoms with Crippen LogP contribution in [0.4, 0.5) is 17.1 Å².